The van der Waals surface area contributed by atoms with Crippen LogP contribution in [0.1, 0.15) is 31.5 Å². The van der Waals surface area contributed by atoms with Gasteiger partial charge in [-0.1, -0.05) is 11.2 Å². The van der Waals surface area contributed by atoms with Gasteiger partial charge in [0, 0.05) is 7.11 Å². The van der Waals surface area contributed by atoms with Gasteiger partial charge in [0.25, 0.3) is 5.89 Å². The van der Waals surface area contributed by atoms with Crippen molar-refractivity contribution >= 4 is 0 Å². The Balaban J connectivity index is 2.02. The zero-order valence-corrected chi connectivity index (χ0v) is 11.2. The third-order valence-electron chi connectivity index (χ3n) is 3.87. The van der Waals surface area contributed by atoms with E-state index in [1.807, 2.05) is 0 Å². The molecule has 2 N–H and O–H groups in total. The highest BCUT2D eigenvalue weighted by Gasteiger charge is 2.40. The molecule has 1 heterocycles. The van der Waals surface area contributed by atoms with Crippen LogP contribution in [-0.4, -0.2) is 27.5 Å². The Morgan fingerprint density at radius 3 is 2.45 bits per heavy atom. The van der Waals surface area contributed by atoms with Crippen LogP contribution in [0.25, 0.3) is 11.5 Å². The topological polar surface area (TPSA) is 88.6 Å². The third kappa shape index (κ3) is 1.92. The predicted octanol–water partition coefficient (Wildman–Crippen LogP) is 2.56. The molecule has 1 aromatic carbocycles. The number of nitrogens with zero attached hydrogens (tertiary/aromatic N) is 2. The summed E-state index contributed by atoms with van der Waals surface area (Å²) in [4.78, 5) is 4.30. The first-order valence-corrected chi connectivity index (χ1v) is 6.57. The smallest absolute Gasteiger partial charge is 0.265 e. The minimum atomic E-state index is -0.512. The Bertz CT molecular complexity index is 597. The summed E-state index contributed by atoms with van der Waals surface area (Å²) in [5.41, 5.74) is -0.364. The number of aromatic hydroxyl groups is 2. The van der Waals surface area contributed by atoms with Crippen molar-refractivity contribution in [1.82, 2.24) is 10.1 Å². The van der Waals surface area contributed by atoms with E-state index in [1.54, 1.807) is 13.2 Å². The fourth-order valence-corrected chi connectivity index (χ4v) is 2.72. The van der Waals surface area contributed by atoms with Crippen LogP contribution in [0.3, 0.4) is 0 Å². The number of rotatable bonds is 3. The second kappa shape index (κ2) is 4.79. The van der Waals surface area contributed by atoms with Crippen molar-refractivity contribution < 1.29 is 19.5 Å². The Morgan fingerprint density at radius 1 is 1.20 bits per heavy atom. The van der Waals surface area contributed by atoms with E-state index >= 15 is 0 Å². The van der Waals surface area contributed by atoms with E-state index in [1.165, 1.54) is 12.1 Å². The van der Waals surface area contributed by atoms with Crippen LogP contribution in [0.4, 0.5) is 0 Å². The Hall–Kier alpha value is -2.08. The lowest BCUT2D eigenvalue weighted by Gasteiger charge is -2.22. The minimum absolute atomic E-state index is 0.0962. The summed E-state index contributed by atoms with van der Waals surface area (Å²) in [6.07, 6.45) is 3.80. The summed E-state index contributed by atoms with van der Waals surface area (Å²) in [6.45, 7) is 0. The van der Waals surface area contributed by atoms with Crippen LogP contribution in [0.15, 0.2) is 22.7 Å². The first-order valence-electron chi connectivity index (χ1n) is 6.57. The largest absolute Gasteiger partial charge is 0.507 e. The average Bonchev–Trinajstić information content (AvgIpc) is 3.08. The summed E-state index contributed by atoms with van der Waals surface area (Å²) < 4.78 is 10.8. The quantitative estimate of drug-likeness (QED) is 0.895. The Labute approximate surface area is 116 Å². The fraction of sp³-hybridized carbons (Fsp3) is 0.429. The molecule has 6 heteroatoms. The van der Waals surface area contributed by atoms with Crippen molar-refractivity contribution in [2.45, 2.75) is 31.3 Å². The molecule has 106 valence electrons. The summed E-state index contributed by atoms with van der Waals surface area (Å²) in [5.74, 6) is 0.366. The van der Waals surface area contributed by atoms with Gasteiger partial charge in [-0.15, -0.1) is 0 Å². The fourth-order valence-electron chi connectivity index (χ4n) is 2.72. The number of hydrogen-bond acceptors (Lipinski definition) is 6. The number of ether oxygens (including phenoxy) is 1. The lowest BCUT2D eigenvalue weighted by atomic mass is 10.0. The molecule has 1 aromatic heterocycles. The van der Waals surface area contributed by atoms with Crippen LogP contribution in [0.2, 0.25) is 0 Å². The summed E-state index contributed by atoms with van der Waals surface area (Å²) in [7, 11) is 1.64. The standard InChI is InChI=1S/C14H16N2O4/c1-19-14(7-2-3-8-14)13-15-12(20-16-13)11-9(17)5-4-6-10(11)18/h4-6,17-18H,2-3,7-8H2,1H3. The maximum absolute atomic E-state index is 9.82. The Morgan fingerprint density at radius 2 is 1.85 bits per heavy atom. The molecule has 6 nitrogen and oxygen atoms in total. The molecule has 1 fully saturated rings. The Kier molecular flexibility index (Phi) is 3.10. The summed E-state index contributed by atoms with van der Waals surface area (Å²) >= 11 is 0. The highest BCUT2D eigenvalue weighted by Crippen LogP contribution is 2.42. The molecule has 0 amide bonds. The molecule has 2 aromatic rings. The predicted molar refractivity (Wildman–Crippen MR) is 70.2 cm³/mol. The van der Waals surface area contributed by atoms with Gasteiger partial charge in [0.15, 0.2) is 0 Å². The van der Waals surface area contributed by atoms with E-state index in [0.29, 0.717) is 5.82 Å². The first-order chi connectivity index (χ1) is 9.66. The van der Waals surface area contributed by atoms with E-state index in [0.717, 1.165) is 25.7 Å². The molecule has 0 bridgehead atoms. The van der Waals surface area contributed by atoms with Gasteiger partial charge in [-0.2, -0.15) is 4.98 Å². The molecule has 0 atom stereocenters. The van der Waals surface area contributed by atoms with Crippen molar-refractivity contribution in [3.05, 3.63) is 24.0 Å². The maximum Gasteiger partial charge on any atom is 0.265 e. The second-order valence-corrected chi connectivity index (χ2v) is 5.00. The maximum atomic E-state index is 9.82. The number of methoxy groups -OCH3 is 1. The van der Waals surface area contributed by atoms with E-state index in [4.69, 9.17) is 9.26 Å². The second-order valence-electron chi connectivity index (χ2n) is 5.00. The van der Waals surface area contributed by atoms with E-state index < -0.39 is 5.60 Å². The molecule has 0 saturated heterocycles. The molecule has 0 radical (unpaired) electrons. The van der Waals surface area contributed by atoms with Crippen LogP contribution >= 0.6 is 0 Å². The molecular formula is C14H16N2O4. The van der Waals surface area contributed by atoms with E-state index in [2.05, 4.69) is 10.1 Å². The van der Waals surface area contributed by atoms with Crippen LogP contribution in [0, 0.1) is 0 Å². The molecular weight excluding hydrogens is 260 g/mol. The normalized spacial score (nSPS) is 17.4. The van der Waals surface area contributed by atoms with Gasteiger partial charge in [-0.25, -0.2) is 0 Å². The summed E-state index contributed by atoms with van der Waals surface area (Å²) in [6, 6.07) is 4.46. The number of benzene rings is 1. The molecule has 1 saturated carbocycles. The minimum Gasteiger partial charge on any atom is -0.507 e. The van der Waals surface area contributed by atoms with Gasteiger partial charge >= 0.3 is 0 Å². The molecule has 0 spiro atoms. The van der Waals surface area contributed by atoms with Crippen LogP contribution < -0.4 is 0 Å². The zero-order chi connectivity index (χ0) is 14.2. The molecule has 1 aliphatic rings. The first kappa shape index (κ1) is 12.9. The lowest BCUT2D eigenvalue weighted by molar-refractivity contribution is -0.0178. The van der Waals surface area contributed by atoms with Gasteiger partial charge in [-0.05, 0) is 37.8 Å². The van der Waals surface area contributed by atoms with Gasteiger partial charge < -0.3 is 19.5 Å². The highest BCUT2D eigenvalue weighted by atomic mass is 16.5. The molecule has 20 heavy (non-hydrogen) atoms. The van der Waals surface area contributed by atoms with Crippen molar-refractivity contribution in [2.24, 2.45) is 0 Å². The molecule has 0 aliphatic heterocycles. The average molecular weight is 276 g/mol. The third-order valence-corrected chi connectivity index (χ3v) is 3.87. The van der Waals surface area contributed by atoms with Crippen molar-refractivity contribution in [3.63, 3.8) is 0 Å². The zero-order valence-electron chi connectivity index (χ0n) is 11.2. The van der Waals surface area contributed by atoms with Gasteiger partial charge in [0.2, 0.25) is 5.82 Å². The van der Waals surface area contributed by atoms with Crippen molar-refractivity contribution in [2.75, 3.05) is 7.11 Å². The lowest BCUT2D eigenvalue weighted by Crippen LogP contribution is -2.25. The van der Waals surface area contributed by atoms with Crippen LogP contribution in [-0.2, 0) is 10.3 Å². The van der Waals surface area contributed by atoms with Crippen LogP contribution in [0.5, 0.6) is 11.5 Å². The number of phenols is 2. The number of hydrogen-bond donors (Lipinski definition) is 2. The monoisotopic (exact) mass is 276 g/mol. The van der Waals surface area contributed by atoms with Crippen molar-refractivity contribution in [1.29, 1.82) is 0 Å². The van der Waals surface area contributed by atoms with Gasteiger partial charge in [0.1, 0.15) is 22.7 Å². The molecule has 3 rings (SSSR count). The van der Waals surface area contributed by atoms with E-state index in [9.17, 15) is 10.2 Å². The van der Waals surface area contributed by atoms with Gasteiger partial charge in [0.05, 0.1) is 0 Å². The molecule has 0 unspecified atom stereocenters. The summed E-state index contributed by atoms with van der Waals surface area (Å²) in [5, 5.41) is 23.6. The van der Waals surface area contributed by atoms with Crippen molar-refractivity contribution in [3.8, 4) is 23.0 Å². The number of phenolic OH excluding ortho intramolecular Hbond substituents is 2. The molecule has 1 aliphatic carbocycles. The SMILES string of the molecule is COC1(c2noc(-c3c(O)cccc3O)n2)CCCC1. The van der Waals surface area contributed by atoms with Gasteiger partial charge in [-0.3, -0.25) is 0 Å². The number of aromatic nitrogens is 2. The van der Waals surface area contributed by atoms with E-state index in [-0.39, 0.29) is 23.0 Å². The highest BCUT2D eigenvalue weighted by molar-refractivity contribution is 5.69.